The number of fused-ring (bicyclic) bond motifs is 1. The number of nitrogens with zero attached hydrogens (tertiary/aromatic N) is 3. The summed E-state index contributed by atoms with van der Waals surface area (Å²) in [5, 5.41) is 32.3. The first-order valence-electron chi connectivity index (χ1n) is 13.6. The van der Waals surface area contributed by atoms with E-state index in [1.54, 1.807) is 17.0 Å². The van der Waals surface area contributed by atoms with E-state index in [1.807, 2.05) is 6.07 Å². The summed E-state index contributed by atoms with van der Waals surface area (Å²) >= 11 is 0. The number of aryl methyl sites for hydroxylation is 1. The molecule has 0 bridgehead atoms. The van der Waals surface area contributed by atoms with Crippen LogP contribution in [-0.4, -0.2) is 116 Å². The molecule has 1 aliphatic carbocycles. The van der Waals surface area contributed by atoms with E-state index >= 15 is 0 Å². The molecule has 5 aliphatic heterocycles. The molecule has 40 heavy (non-hydrogen) atoms. The van der Waals surface area contributed by atoms with Gasteiger partial charge in [0.15, 0.2) is 6.04 Å². The molecule has 1 unspecified atom stereocenters. The number of aliphatic hydroxyl groups is 2. The van der Waals surface area contributed by atoms with Gasteiger partial charge >= 0.3 is 18.0 Å². The molecular formula is C25H33N9O6+2. The van der Waals surface area contributed by atoms with Crippen LogP contribution in [0, 0.1) is 0 Å². The molecule has 2 saturated heterocycles. The van der Waals surface area contributed by atoms with Crippen molar-refractivity contribution < 1.29 is 38.9 Å². The molecule has 15 nitrogen and oxygen atoms in total. The molecule has 4 amide bonds. The third-order valence-corrected chi connectivity index (χ3v) is 8.88. The number of imide groups is 1. The Kier molecular flexibility index (Phi) is 5.26. The molecule has 3 fully saturated rings. The number of carbonyl (C=O) groups excluding carboxylic acids is 3. The van der Waals surface area contributed by atoms with Gasteiger partial charge in [0.1, 0.15) is 24.4 Å². The Labute approximate surface area is 228 Å². The predicted molar refractivity (Wildman–Crippen MR) is 137 cm³/mol. The maximum atomic E-state index is 13.4. The maximum Gasteiger partial charge on any atom is 0.347 e. The first kappa shape index (κ1) is 24.9. The third-order valence-electron chi connectivity index (χ3n) is 8.88. The van der Waals surface area contributed by atoms with Crippen LogP contribution in [0.15, 0.2) is 18.2 Å². The van der Waals surface area contributed by atoms with Gasteiger partial charge in [-0.05, 0) is 37.3 Å². The van der Waals surface area contributed by atoms with Crippen molar-refractivity contribution in [2.75, 3.05) is 26.2 Å². The molecule has 15 heteroatoms. The second kappa shape index (κ2) is 8.44. The lowest BCUT2D eigenvalue weighted by atomic mass is 9.85. The monoisotopic (exact) mass is 555 g/mol. The molecule has 1 aromatic carbocycles. The quantitative estimate of drug-likeness (QED) is 0.0981. The van der Waals surface area contributed by atoms with Gasteiger partial charge in [-0.15, -0.1) is 0 Å². The summed E-state index contributed by atoms with van der Waals surface area (Å²) in [6, 6.07) is 2.20. The van der Waals surface area contributed by atoms with Gasteiger partial charge in [0.25, 0.3) is 17.4 Å². The largest absolute Gasteiger partial charge is 0.492 e. The van der Waals surface area contributed by atoms with E-state index in [4.69, 9.17) is 16.2 Å². The maximum absolute atomic E-state index is 13.4. The van der Waals surface area contributed by atoms with E-state index < -0.39 is 35.5 Å². The molecular weight excluding hydrogens is 522 g/mol. The number of hydrogen-bond acceptors (Lipinski definition) is 10. The first-order chi connectivity index (χ1) is 19.1. The average molecular weight is 556 g/mol. The van der Waals surface area contributed by atoms with E-state index in [2.05, 4.69) is 20.9 Å². The standard InChI is InChI=1S/C25H31N9O6/c26-21-30-19-15(9-33-17(35)11-32(23(33)37)13-6-7-13)28-22(27)34-10-16(25(38,39)24(19,34)31-21)29-20(36)14-5-1-3-12-4-2-8-40-18(12)14/h1,3,5,13,15-16,19,38-39H,2,4,6-11H2,(H6,26,27,28,29,30,31,36)/p+2/t15-,16?,19-,24-/m0/s1. The van der Waals surface area contributed by atoms with Crippen LogP contribution in [0.3, 0.4) is 0 Å². The fourth-order valence-electron chi connectivity index (χ4n) is 6.81. The minimum Gasteiger partial charge on any atom is -0.492 e. The van der Waals surface area contributed by atoms with Crippen molar-refractivity contribution in [3.05, 3.63) is 29.3 Å². The third kappa shape index (κ3) is 3.40. The van der Waals surface area contributed by atoms with Crippen molar-refractivity contribution in [3.8, 4) is 5.75 Å². The molecule has 0 radical (unpaired) electrons. The highest BCUT2D eigenvalue weighted by Crippen LogP contribution is 2.39. The molecule has 10 N–H and O–H groups in total. The van der Waals surface area contributed by atoms with Gasteiger partial charge in [-0.25, -0.2) is 14.7 Å². The number of hydrogen-bond donors (Lipinski definition) is 8. The Bertz CT molecular complexity index is 1390. The van der Waals surface area contributed by atoms with Crippen LogP contribution >= 0.6 is 0 Å². The molecule has 4 atom stereocenters. The van der Waals surface area contributed by atoms with Crippen LogP contribution in [0.4, 0.5) is 4.79 Å². The fraction of sp³-hybridized carbons (Fsp3) is 0.560. The highest BCUT2D eigenvalue weighted by Gasteiger charge is 2.78. The summed E-state index contributed by atoms with van der Waals surface area (Å²) in [7, 11) is 0. The summed E-state index contributed by atoms with van der Waals surface area (Å²) in [5.41, 5.74) is 12.0. The minimum absolute atomic E-state index is 0.0161. The Morgan fingerprint density at radius 3 is 2.85 bits per heavy atom. The minimum atomic E-state index is -2.60. The number of benzene rings is 1. The van der Waals surface area contributed by atoms with Crippen LogP contribution in [-0.2, 0) is 11.2 Å². The van der Waals surface area contributed by atoms with Crippen LogP contribution in [0.2, 0.25) is 0 Å². The van der Waals surface area contributed by atoms with E-state index in [0.29, 0.717) is 17.9 Å². The number of ether oxygens (including phenoxy) is 1. The zero-order chi connectivity index (χ0) is 28.0. The summed E-state index contributed by atoms with van der Waals surface area (Å²) < 4.78 is 7.28. The van der Waals surface area contributed by atoms with Gasteiger partial charge in [-0.2, -0.15) is 0 Å². The zero-order valence-corrected chi connectivity index (χ0v) is 21.7. The summed E-state index contributed by atoms with van der Waals surface area (Å²) in [6.45, 7) is 0.356. The Morgan fingerprint density at radius 1 is 1.27 bits per heavy atom. The molecule has 6 aliphatic rings. The number of guanidine groups is 2. The molecule has 1 spiro atoms. The van der Waals surface area contributed by atoms with Crippen LogP contribution in [0.5, 0.6) is 5.75 Å². The number of urea groups is 1. The molecule has 7 rings (SSSR count). The van der Waals surface area contributed by atoms with E-state index in [9.17, 15) is 24.6 Å². The predicted octanol–water partition coefficient (Wildman–Crippen LogP) is -5.41. The first-order valence-corrected chi connectivity index (χ1v) is 13.6. The highest BCUT2D eigenvalue weighted by molar-refractivity contribution is 6.02. The van der Waals surface area contributed by atoms with Gasteiger partial charge in [-0.3, -0.25) is 36.3 Å². The van der Waals surface area contributed by atoms with Gasteiger partial charge in [0, 0.05) is 6.04 Å². The Balaban J connectivity index is 1.18. The zero-order valence-electron chi connectivity index (χ0n) is 21.7. The Hall–Kier alpha value is -4.11. The van der Waals surface area contributed by atoms with Crippen LogP contribution < -0.4 is 37.1 Å². The molecule has 1 aromatic rings. The van der Waals surface area contributed by atoms with E-state index in [0.717, 1.165) is 36.1 Å². The average Bonchev–Trinajstić information content (AvgIpc) is 3.59. The summed E-state index contributed by atoms with van der Waals surface area (Å²) in [4.78, 5) is 45.0. The van der Waals surface area contributed by atoms with E-state index in [1.165, 1.54) is 4.58 Å². The fourth-order valence-corrected chi connectivity index (χ4v) is 6.81. The van der Waals surface area contributed by atoms with E-state index in [-0.39, 0.29) is 49.5 Å². The molecule has 0 aromatic heterocycles. The molecule has 1 saturated carbocycles. The van der Waals surface area contributed by atoms with Gasteiger partial charge in [0.05, 0.1) is 25.3 Å². The van der Waals surface area contributed by atoms with Crippen LogP contribution in [0.25, 0.3) is 0 Å². The van der Waals surface area contributed by atoms with Gasteiger partial charge in [-0.1, -0.05) is 12.1 Å². The topological polar surface area (TPSA) is 212 Å². The van der Waals surface area contributed by atoms with Crippen LogP contribution in [0.1, 0.15) is 35.2 Å². The van der Waals surface area contributed by atoms with Crippen molar-refractivity contribution in [2.45, 2.75) is 61.3 Å². The smallest absolute Gasteiger partial charge is 0.347 e. The Morgan fingerprint density at radius 2 is 2.08 bits per heavy atom. The number of nitrogens with one attached hydrogen (secondary N) is 4. The normalized spacial score (nSPS) is 32.0. The number of amides is 4. The van der Waals surface area contributed by atoms with Crippen molar-refractivity contribution in [2.24, 2.45) is 11.5 Å². The number of nitrogens with two attached hydrogens (primary N) is 2. The lowest BCUT2D eigenvalue weighted by Gasteiger charge is -2.41. The SMILES string of the molecule is NC1=[NH+][C@H]2[C@H](CN3C(=O)CN(C4CC4)C3=O)NC(N)=[N+]3CC(NC(=O)c4cccc5c4OCCC5)C(O)(O)[C@]23N1. The number of carbonyl (C=O) groups is 3. The highest BCUT2D eigenvalue weighted by atomic mass is 16.5. The number of rotatable bonds is 5. The second-order valence-corrected chi connectivity index (χ2v) is 11.3. The van der Waals surface area contributed by atoms with Gasteiger partial charge in [0.2, 0.25) is 5.91 Å². The van der Waals surface area contributed by atoms with Crippen molar-refractivity contribution in [3.63, 3.8) is 0 Å². The molecule has 5 heterocycles. The van der Waals surface area contributed by atoms with Gasteiger partial charge < -0.3 is 25.2 Å². The lowest BCUT2D eigenvalue weighted by molar-refractivity contribution is -0.674. The van der Waals surface area contributed by atoms with Crippen molar-refractivity contribution in [1.29, 1.82) is 0 Å². The van der Waals surface area contributed by atoms with Crippen molar-refractivity contribution in [1.82, 2.24) is 25.8 Å². The summed E-state index contributed by atoms with van der Waals surface area (Å²) in [5.74, 6) is -2.83. The van der Waals surface area contributed by atoms with Crippen molar-refractivity contribution >= 4 is 29.8 Å². The summed E-state index contributed by atoms with van der Waals surface area (Å²) in [6.07, 6.45) is 3.38. The number of para-hydroxylation sites is 1. The second-order valence-electron chi connectivity index (χ2n) is 11.3. The molecule has 212 valence electrons. The lowest BCUT2D eigenvalue weighted by Crippen LogP contribution is -2.92.